The number of aromatic carboxylic acids is 1. The Balaban J connectivity index is 2.42. The third-order valence-corrected chi connectivity index (χ3v) is 4.27. The summed E-state index contributed by atoms with van der Waals surface area (Å²) in [5, 5.41) is 21.1. The lowest BCUT2D eigenvalue weighted by Crippen LogP contribution is -2.58. The highest BCUT2D eigenvalue weighted by atomic mass is 16.5. The van der Waals surface area contributed by atoms with Gasteiger partial charge in [0.05, 0.1) is 5.56 Å². The van der Waals surface area contributed by atoms with Crippen molar-refractivity contribution in [1.82, 2.24) is 5.06 Å². The van der Waals surface area contributed by atoms with Crippen LogP contribution in [-0.2, 0) is 0 Å². The summed E-state index contributed by atoms with van der Waals surface area (Å²) in [5.41, 5.74) is 0.487. The number of hydrogen-bond donors (Lipinski definition) is 2. The van der Waals surface area contributed by atoms with Gasteiger partial charge < -0.3 is 10.3 Å². The van der Waals surface area contributed by atoms with E-state index in [0.717, 1.165) is 18.4 Å². The third kappa shape index (κ3) is 2.58. The summed E-state index contributed by atoms with van der Waals surface area (Å²) in [7, 11) is 0. The summed E-state index contributed by atoms with van der Waals surface area (Å²) in [4.78, 5) is 11.4. The highest BCUT2D eigenvalue weighted by Gasteiger charge is 2.45. The fraction of sp³-hybridized carbons (Fsp3) is 0.562. The van der Waals surface area contributed by atoms with E-state index < -0.39 is 5.97 Å². The van der Waals surface area contributed by atoms with E-state index in [1.807, 2.05) is 39.8 Å². The van der Waals surface area contributed by atoms with Crippen molar-refractivity contribution in [3.05, 3.63) is 35.4 Å². The van der Waals surface area contributed by atoms with Crippen LogP contribution in [0.1, 0.15) is 62.4 Å². The molecule has 20 heavy (non-hydrogen) atoms. The molecule has 2 N–H and O–H groups in total. The topological polar surface area (TPSA) is 60.8 Å². The lowest BCUT2D eigenvalue weighted by molar-refractivity contribution is -0.245. The number of benzene rings is 1. The maximum absolute atomic E-state index is 11.4. The van der Waals surface area contributed by atoms with Gasteiger partial charge in [-0.1, -0.05) is 18.2 Å². The van der Waals surface area contributed by atoms with Crippen molar-refractivity contribution in [2.45, 2.75) is 57.5 Å². The third-order valence-electron chi connectivity index (χ3n) is 4.27. The molecule has 0 aliphatic carbocycles. The minimum Gasteiger partial charge on any atom is -0.478 e. The van der Waals surface area contributed by atoms with Gasteiger partial charge in [0.15, 0.2) is 0 Å². The van der Waals surface area contributed by atoms with Gasteiger partial charge in [-0.2, -0.15) is 5.06 Å². The smallest absolute Gasteiger partial charge is 0.335 e. The summed E-state index contributed by atoms with van der Waals surface area (Å²) in [6.45, 7) is 7.96. The first-order valence-electron chi connectivity index (χ1n) is 6.96. The van der Waals surface area contributed by atoms with Gasteiger partial charge >= 0.3 is 5.97 Å². The molecule has 0 spiro atoms. The summed E-state index contributed by atoms with van der Waals surface area (Å²) in [5.74, 6) is -0.752. The number of nitrogens with zero attached hydrogens (tertiary/aromatic N) is 1. The Morgan fingerprint density at radius 2 is 1.65 bits per heavy atom. The van der Waals surface area contributed by atoms with E-state index in [1.54, 1.807) is 12.1 Å². The Morgan fingerprint density at radius 1 is 1.15 bits per heavy atom. The number of carboxylic acids is 1. The molecular formula is C16H23NO3. The number of rotatable bonds is 2. The zero-order valence-electron chi connectivity index (χ0n) is 12.6. The molecule has 1 aliphatic heterocycles. The van der Waals surface area contributed by atoms with Crippen molar-refractivity contribution >= 4 is 5.97 Å². The Kier molecular flexibility index (Phi) is 3.65. The monoisotopic (exact) mass is 277 g/mol. The van der Waals surface area contributed by atoms with Crippen LogP contribution in [0.25, 0.3) is 0 Å². The molecule has 4 nitrogen and oxygen atoms in total. The number of hydroxylamine groups is 2. The maximum atomic E-state index is 11.4. The van der Waals surface area contributed by atoms with Gasteiger partial charge in [0.1, 0.15) is 0 Å². The number of carboxylic acid groups (broad SMARTS) is 1. The number of piperidine rings is 1. The van der Waals surface area contributed by atoms with Gasteiger partial charge in [-0.25, -0.2) is 4.79 Å². The minimum absolute atomic E-state index is 0.135. The zero-order valence-corrected chi connectivity index (χ0v) is 12.6. The molecule has 1 aliphatic rings. The van der Waals surface area contributed by atoms with Crippen LogP contribution in [0, 0.1) is 0 Å². The number of carbonyl (C=O) groups is 1. The molecule has 0 unspecified atom stereocenters. The molecule has 0 bridgehead atoms. The molecule has 1 aromatic carbocycles. The standard InChI is InChI=1S/C16H23NO3/c1-15(2)9-11(10-16(3,4)17(15)20)12-7-5-6-8-13(12)14(18)19/h5-8,11,20H,9-10H2,1-4H3,(H,18,19). The van der Waals surface area contributed by atoms with E-state index in [4.69, 9.17) is 0 Å². The van der Waals surface area contributed by atoms with Crippen molar-refractivity contribution in [2.24, 2.45) is 0 Å². The molecule has 0 radical (unpaired) electrons. The molecular weight excluding hydrogens is 254 g/mol. The number of hydrogen-bond acceptors (Lipinski definition) is 3. The van der Waals surface area contributed by atoms with Crippen LogP contribution in [-0.4, -0.2) is 32.4 Å². The van der Waals surface area contributed by atoms with Gasteiger partial charge in [0, 0.05) is 11.1 Å². The van der Waals surface area contributed by atoms with Gasteiger partial charge in [-0.15, -0.1) is 0 Å². The summed E-state index contributed by atoms with van der Waals surface area (Å²) < 4.78 is 0. The van der Waals surface area contributed by atoms with Crippen molar-refractivity contribution in [2.75, 3.05) is 0 Å². The minimum atomic E-state index is -0.886. The van der Waals surface area contributed by atoms with Crippen LogP contribution in [0.2, 0.25) is 0 Å². The molecule has 1 fully saturated rings. The predicted molar refractivity (Wildman–Crippen MR) is 77.2 cm³/mol. The quantitative estimate of drug-likeness (QED) is 0.868. The van der Waals surface area contributed by atoms with Gasteiger partial charge in [0.25, 0.3) is 0 Å². The summed E-state index contributed by atoms with van der Waals surface area (Å²) in [6, 6.07) is 7.19. The van der Waals surface area contributed by atoms with E-state index in [9.17, 15) is 15.1 Å². The van der Waals surface area contributed by atoms with Crippen molar-refractivity contribution < 1.29 is 15.1 Å². The molecule has 0 aromatic heterocycles. The largest absolute Gasteiger partial charge is 0.478 e. The molecule has 0 amide bonds. The van der Waals surface area contributed by atoms with Crippen LogP contribution < -0.4 is 0 Å². The second kappa shape index (κ2) is 4.86. The Morgan fingerprint density at radius 3 is 2.15 bits per heavy atom. The molecule has 0 saturated carbocycles. The summed E-state index contributed by atoms with van der Waals surface area (Å²) >= 11 is 0. The Bertz CT molecular complexity index is 504. The second-order valence-corrected chi connectivity index (χ2v) is 6.93. The zero-order chi connectivity index (χ0) is 15.1. The van der Waals surface area contributed by atoms with Crippen molar-refractivity contribution in [3.8, 4) is 0 Å². The molecule has 1 saturated heterocycles. The molecule has 2 rings (SSSR count). The summed E-state index contributed by atoms with van der Waals surface area (Å²) in [6.07, 6.45) is 1.47. The van der Waals surface area contributed by atoms with Crippen LogP contribution in [0.3, 0.4) is 0 Å². The Labute approximate surface area is 120 Å². The van der Waals surface area contributed by atoms with E-state index in [-0.39, 0.29) is 17.0 Å². The molecule has 4 heteroatoms. The van der Waals surface area contributed by atoms with Gasteiger partial charge in [-0.05, 0) is 58.1 Å². The van der Waals surface area contributed by atoms with Gasteiger partial charge in [-0.3, -0.25) is 0 Å². The molecule has 0 atom stereocenters. The fourth-order valence-electron chi connectivity index (χ4n) is 3.54. The fourth-order valence-corrected chi connectivity index (χ4v) is 3.54. The highest BCUT2D eigenvalue weighted by molar-refractivity contribution is 5.89. The lowest BCUT2D eigenvalue weighted by Gasteiger charge is -2.51. The van der Waals surface area contributed by atoms with Crippen LogP contribution in [0.15, 0.2) is 24.3 Å². The first-order valence-corrected chi connectivity index (χ1v) is 6.96. The van der Waals surface area contributed by atoms with Gasteiger partial charge in [0.2, 0.25) is 0 Å². The van der Waals surface area contributed by atoms with E-state index in [2.05, 4.69) is 0 Å². The molecule has 1 heterocycles. The normalized spacial score (nSPS) is 22.6. The van der Waals surface area contributed by atoms with Crippen LogP contribution in [0.4, 0.5) is 0 Å². The maximum Gasteiger partial charge on any atom is 0.335 e. The van der Waals surface area contributed by atoms with Crippen LogP contribution in [0.5, 0.6) is 0 Å². The molecule has 110 valence electrons. The first kappa shape index (κ1) is 15.0. The van der Waals surface area contributed by atoms with Crippen molar-refractivity contribution in [1.29, 1.82) is 0 Å². The SMILES string of the molecule is CC1(C)CC(c2ccccc2C(=O)O)CC(C)(C)N1O. The second-order valence-electron chi connectivity index (χ2n) is 6.93. The average Bonchev–Trinajstić information content (AvgIpc) is 2.35. The lowest BCUT2D eigenvalue weighted by atomic mass is 9.72. The predicted octanol–water partition coefficient (Wildman–Crippen LogP) is 3.51. The van der Waals surface area contributed by atoms with E-state index in [1.165, 1.54) is 5.06 Å². The Hall–Kier alpha value is -1.39. The van der Waals surface area contributed by atoms with Crippen molar-refractivity contribution in [3.63, 3.8) is 0 Å². The first-order chi connectivity index (χ1) is 9.15. The van der Waals surface area contributed by atoms with E-state index in [0.29, 0.717) is 5.56 Å². The highest BCUT2D eigenvalue weighted by Crippen LogP contribution is 2.45. The average molecular weight is 277 g/mol. The van der Waals surface area contributed by atoms with E-state index >= 15 is 0 Å². The molecule has 1 aromatic rings. The van der Waals surface area contributed by atoms with Crippen LogP contribution >= 0.6 is 0 Å².